The van der Waals surface area contributed by atoms with Crippen molar-refractivity contribution in [1.82, 2.24) is 9.78 Å². The molecule has 1 aromatic carbocycles. The quantitative estimate of drug-likeness (QED) is 0.854. The minimum atomic E-state index is -1.07. The molecule has 0 saturated carbocycles. The predicted molar refractivity (Wildman–Crippen MR) is 84.7 cm³/mol. The summed E-state index contributed by atoms with van der Waals surface area (Å²) >= 11 is 0. The zero-order valence-corrected chi connectivity index (χ0v) is 13.2. The number of ether oxygens (including phenoxy) is 1. The molecule has 0 atom stereocenters. The number of hydrogen-bond acceptors (Lipinski definition) is 4. The average molecular weight is 317 g/mol. The maximum atomic E-state index is 12.2. The average Bonchev–Trinajstić information content (AvgIpc) is 2.97. The summed E-state index contributed by atoms with van der Waals surface area (Å²) in [5.74, 6) is -1.46. The van der Waals surface area contributed by atoms with Crippen LogP contribution in [0.5, 0.6) is 0 Å². The summed E-state index contributed by atoms with van der Waals surface area (Å²) < 4.78 is 6.70. The summed E-state index contributed by atoms with van der Waals surface area (Å²) in [5.41, 5.74) is 1.41. The molecular formula is C16H19N3O4. The molecule has 7 nitrogen and oxygen atoms in total. The third-order valence-electron chi connectivity index (χ3n) is 3.18. The molecular weight excluding hydrogens is 298 g/mol. The summed E-state index contributed by atoms with van der Waals surface area (Å²) in [4.78, 5) is 23.4. The zero-order valence-electron chi connectivity index (χ0n) is 13.2. The smallest absolute Gasteiger partial charge is 0.335 e. The van der Waals surface area contributed by atoms with Crippen molar-refractivity contribution >= 4 is 17.6 Å². The first kappa shape index (κ1) is 16.7. The van der Waals surface area contributed by atoms with Gasteiger partial charge in [-0.05, 0) is 43.7 Å². The monoisotopic (exact) mass is 317 g/mol. The van der Waals surface area contributed by atoms with E-state index < -0.39 is 11.9 Å². The molecule has 0 fully saturated rings. The number of benzene rings is 1. The van der Waals surface area contributed by atoms with Crippen LogP contribution in [0.15, 0.2) is 30.5 Å². The number of anilines is 1. The number of carbonyl (C=O) groups is 2. The number of nitrogens with zero attached hydrogens (tertiary/aromatic N) is 2. The Morgan fingerprint density at radius 3 is 2.65 bits per heavy atom. The lowest BCUT2D eigenvalue weighted by Crippen LogP contribution is -2.14. The molecule has 0 aliphatic heterocycles. The van der Waals surface area contributed by atoms with E-state index in [1.54, 1.807) is 23.0 Å². The Labute approximate surface area is 133 Å². The second kappa shape index (κ2) is 7.06. The van der Waals surface area contributed by atoms with Gasteiger partial charge in [0.15, 0.2) is 5.69 Å². The summed E-state index contributed by atoms with van der Waals surface area (Å²) in [6, 6.07) is 6.35. The highest BCUT2D eigenvalue weighted by molar-refractivity contribution is 6.03. The second-order valence-electron chi connectivity index (χ2n) is 5.39. The predicted octanol–water partition coefficient (Wildman–Crippen LogP) is 2.56. The van der Waals surface area contributed by atoms with Crippen molar-refractivity contribution in [2.45, 2.75) is 26.5 Å². The van der Waals surface area contributed by atoms with Crippen LogP contribution >= 0.6 is 0 Å². The fraction of sp³-hybridized carbons (Fsp3) is 0.312. The highest BCUT2D eigenvalue weighted by Crippen LogP contribution is 2.17. The number of carboxylic acids is 1. The SMILES string of the molecule is COCc1cc(NC(=O)c2ccn(C(C)C)n2)cc(C(=O)O)c1. The topological polar surface area (TPSA) is 93.5 Å². The summed E-state index contributed by atoms with van der Waals surface area (Å²) in [5, 5.41) is 16.0. The van der Waals surface area contributed by atoms with E-state index in [1.807, 2.05) is 13.8 Å². The molecule has 7 heteroatoms. The van der Waals surface area contributed by atoms with Crippen molar-refractivity contribution < 1.29 is 19.4 Å². The van der Waals surface area contributed by atoms with Gasteiger partial charge < -0.3 is 15.2 Å². The van der Waals surface area contributed by atoms with Gasteiger partial charge in [0.05, 0.1) is 12.2 Å². The standard InChI is InChI=1S/C16H19N3O4/c1-10(2)19-5-4-14(18-19)15(20)17-13-7-11(9-23-3)6-12(8-13)16(21)22/h4-8,10H,9H2,1-3H3,(H,17,20)(H,21,22). The summed E-state index contributed by atoms with van der Waals surface area (Å²) in [6.45, 7) is 4.18. The Kier molecular flexibility index (Phi) is 5.13. The van der Waals surface area contributed by atoms with Gasteiger partial charge in [-0.25, -0.2) is 4.79 Å². The lowest BCUT2D eigenvalue weighted by Gasteiger charge is -2.08. The van der Waals surface area contributed by atoms with Gasteiger partial charge in [0.25, 0.3) is 5.91 Å². The van der Waals surface area contributed by atoms with Gasteiger partial charge in [-0.1, -0.05) is 0 Å². The van der Waals surface area contributed by atoms with E-state index in [1.165, 1.54) is 19.2 Å². The van der Waals surface area contributed by atoms with Crippen LogP contribution in [0, 0.1) is 0 Å². The molecule has 0 aliphatic rings. The second-order valence-corrected chi connectivity index (χ2v) is 5.39. The molecule has 1 aromatic heterocycles. The van der Waals surface area contributed by atoms with Gasteiger partial charge in [-0.15, -0.1) is 0 Å². The number of aromatic nitrogens is 2. The van der Waals surface area contributed by atoms with Gasteiger partial charge in [0.2, 0.25) is 0 Å². The Hall–Kier alpha value is -2.67. The van der Waals surface area contributed by atoms with E-state index in [0.717, 1.165) is 0 Å². The van der Waals surface area contributed by atoms with Crippen LogP contribution in [0.1, 0.15) is 46.3 Å². The molecule has 0 radical (unpaired) electrons. The van der Waals surface area contributed by atoms with E-state index in [-0.39, 0.29) is 23.9 Å². The maximum absolute atomic E-state index is 12.2. The Balaban J connectivity index is 2.23. The normalized spacial score (nSPS) is 10.8. The van der Waals surface area contributed by atoms with Crippen molar-refractivity contribution in [2.24, 2.45) is 0 Å². The van der Waals surface area contributed by atoms with Gasteiger partial charge in [-0.3, -0.25) is 9.48 Å². The fourth-order valence-electron chi connectivity index (χ4n) is 2.08. The number of carboxylic acid groups (broad SMARTS) is 1. The zero-order chi connectivity index (χ0) is 17.0. The molecule has 2 aromatic rings. The highest BCUT2D eigenvalue weighted by atomic mass is 16.5. The number of methoxy groups -OCH3 is 1. The number of amides is 1. The van der Waals surface area contributed by atoms with Crippen molar-refractivity contribution in [3.63, 3.8) is 0 Å². The first-order valence-corrected chi connectivity index (χ1v) is 7.13. The minimum absolute atomic E-state index is 0.0857. The highest BCUT2D eigenvalue weighted by Gasteiger charge is 2.13. The number of carbonyl (C=O) groups excluding carboxylic acids is 1. The van der Waals surface area contributed by atoms with Gasteiger partial charge in [0, 0.05) is 25.0 Å². The van der Waals surface area contributed by atoms with E-state index in [0.29, 0.717) is 11.3 Å². The fourth-order valence-corrected chi connectivity index (χ4v) is 2.08. The number of rotatable bonds is 6. The largest absolute Gasteiger partial charge is 0.478 e. The lowest BCUT2D eigenvalue weighted by atomic mass is 10.1. The summed E-state index contributed by atoms with van der Waals surface area (Å²) in [7, 11) is 1.52. The van der Waals surface area contributed by atoms with Crippen LogP contribution in [0.4, 0.5) is 5.69 Å². The summed E-state index contributed by atoms with van der Waals surface area (Å²) in [6.07, 6.45) is 1.73. The number of hydrogen-bond donors (Lipinski definition) is 2. The van der Waals surface area contributed by atoms with E-state index >= 15 is 0 Å². The van der Waals surface area contributed by atoms with Gasteiger partial charge >= 0.3 is 5.97 Å². The van der Waals surface area contributed by atoms with Crippen molar-refractivity contribution in [1.29, 1.82) is 0 Å². The van der Waals surface area contributed by atoms with Gasteiger partial charge in [0.1, 0.15) is 0 Å². The first-order chi connectivity index (χ1) is 10.9. The molecule has 0 saturated heterocycles. The van der Waals surface area contributed by atoms with E-state index in [4.69, 9.17) is 9.84 Å². The molecule has 0 unspecified atom stereocenters. The maximum Gasteiger partial charge on any atom is 0.335 e. The van der Waals surface area contributed by atoms with Crippen LogP contribution < -0.4 is 5.32 Å². The van der Waals surface area contributed by atoms with Crippen LogP contribution in [-0.2, 0) is 11.3 Å². The van der Waals surface area contributed by atoms with Crippen molar-refractivity contribution in [2.75, 3.05) is 12.4 Å². The Morgan fingerprint density at radius 2 is 2.09 bits per heavy atom. The number of nitrogens with one attached hydrogen (secondary N) is 1. The molecule has 23 heavy (non-hydrogen) atoms. The minimum Gasteiger partial charge on any atom is -0.478 e. The molecule has 1 amide bonds. The molecule has 0 spiro atoms. The molecule has 1 heterocycles. The van der Waals surface area contributed by atoms with Crippen LogP contribution in [0.3, 0.4) is 0 Å². The Morgan fingerprint density at radius 1 is 1.35 bits per heavy atom. The number of aromatic carboxylic acids is 1. The Bertz CT molecular complexity index is 722. The third-order valence-corrected chi connectivity index (χ3v) is 3.18. The van der Waals surface area contributed by atoms with Crippen LogP contribution in [0.2, 0.25) is 0 Å². The molecule has 0 bridgehead atoms. The lowest BCUT2D eigenvalue weighted by molar-refractivity contribution is 0.0696. The van der Waals surface area contributed by atoms with E-state index in [2.05, 4.69) is 10.4 Å². The van der Waals surface area contributed by atoms with E-state index in [9.17, 15) is 9.59 Å². The molecule has 2 rings (SSSR count). The van der Waals surface area contributed by atoms with Crippen LogP contribution in [-0.4, -0.2) is 33.9 Å². The van der Waals surface area contributed by atoms with Crippen LogP contribution in [0.25, 0.3) is 0 Å². The van der Waals surface area contributed by atoms with Crippen molar-refractivity contribution in [3.8, 4) is 0 Å². The molecule has 0 aliphatic carbocycles. The molecule has 122 valence electrons. The first-order valence-electron chi connectivity index (χ1n) is 7.13. The van der Waals surface area contributed by atoms with Crippen molar-refractivity contribution in [3.05, 3.63) is 47.3 Å². The molecule has 2 N–H and O–H groups in total. The van der Waals surface area contributed by atoms with Gasteiger partial charge in [-0.2, -0.15) is 5.10 Å². The third kappa shape index (κ3) is 4.17.